The Labute approximate surface area is 238 Å². The molecule has 0 aliphatic carbocycles. The van der Waals surface area contributed by atoms with Crippen LogP contribution < -0.4 is 29.1 Å². The highest BCUT2D eigenvalue weighted by atomic mass is 32.1. The summed E-state index contributed by atoms with van der Waals surface area (Å²) in [7, 11) is 3.02. The number of esters is 2. The molecule has 0 bridgehead atoms. The highest BCUT2D eigenvalue weighted by molar-refractivity contribution is 7.07. The maximum absolute atomic E-state index is 13.8. The van der Waals surface area contributed by atoms with Gasteiger partial charge in [0.15, 0.2) is 16.3 Å². The van der Waals surface area contributed by atoms with E-state index in [-0.39, 0.29) is 23.7 Å². The van der Waals surface area contributed by atoms with Gasteiger partial charge in [-0.15, -0.1) is 0 Å². The van der Waals surface area contributed by atoms with E-state index in [0.717, 1.165) is 0 Å². The maximum Gasteiger partial charge on any atom is 0.379 e. The molecule has 2 aromatic carbocycles. The van der Waals surface area contributed by atoms with E-state index in [0.29, 0.717) is 43.2 Å². The minimum Gasteiger partial charge on any atom is -0.497 e. The highest BCUT2D eigenvalue weighted by Gasteiger charge is 2.33. The summed E-state index contributed by atoms with van der Waals surface area (Å²) >= 11 is 1.20. The third-order valence-electron chi connectivity index (χ3n) is 6.36. The summed E-state index contributed by atoms with van der Waals surface area (Å²) in [5, 5.41) is 0. The molecule has 0 amide bonds. The van der Waals surface area contributed by atoms with E-state index in [1.807, 2.05) is 12.1 Å². The minimum atomic E-state index is -0.740. The van der Waals surface area contributed by atoms with Crippen LogP contribution in [-0.4, -0.2) is 37.3 Å². The van der Waals surface area contributed by atoms with E-state index >= 15 is 0 Å². The fourth-order valence-corrected chi connectivity index (χ4v) is 5.49. The lowest BCUT2D eigenvalue weighted by molar-refractivity contribution is -0.139. The average Bonchev–Trinajstić information content (AvgIpc) is 3.62. The normalized spacial score (nSPS) is 14.7. The average molecular weight is 575 g/mol. The Morgan fingerprint density at radius 2 is 1.83 bits per heavy atom. The van der Waals surface area contributed by atoms with Crippen LogP contribution in [0.15, 0.2) is 86.3 Å². The number of furan rings is 1. The number of carbonyl (C=O) groups excluding carboxylic acids is 2. The molecule has 210 valence electrons. The molecular formula is C30H26N2O8S. The molecule has 1 atom stereocenters. The predicted molar refractivity (Wildman–Crippen MR) is 150 cm³/mol. The van der Waals surface area contributed by atoms with Gasteiger partial charge in [0.05, 0.1) is 48.9 Å². The smallest absolute Gasteiger partial charge is 0.379 e. The van der Waals surface area contributed by atoms with Crippen LogP contribution >= 0.6 is 11.3 Å². The molecule has 1 unspecified atom stereocenters. The molecule has 0 fully saturated rings. The Balaban J connectivity index is 1.58. The topological polar surface area (TPSA) is 119 Å². The number of ether oxygens (including phenoxy) is 4. The van der Waals surface area contributed by atoms with Gasteiger partial charge in [0.25, 0.3) is 5.56 Å². The van der Waals surface area contributed by atoms with Crippen molar-refractivity contribution in [2.75, 3.05) is 20.8 Å². The number of allylic oxidation sites excluding steroid dienone is 1. The van der Waals surface area contributed by atoms with E-state index in [4.69, 9.17) is 23.4 Å². The Morgan fingerprint density at radius 1 is 1.05 bits per heavy atom. The highest BCUT2D eigenvalue weighted by Crippen LogP contribution is 2.32. The van der Waals surface area contributed by atoms with Crippen LogP contribution in [0, 0.1) is 0 Å². The van der Waals surface area contributed by atoms with E-state index in [9.17, 15) is 14.4 Å². The Morgan fingerprint density at radius 3 is 2.49 bits per heavy atom. The molecule has 3 heterocycles. The van der Waals surface area contributed by atoms with Crippen LogP contribution in [0.5, 0.6) is 17.2 Å². The molecule has 0 spiro atoms. The number of hydrogen-bond donors (Lipinski definition) is 0. The third-order valence-corrected chi connectivity index (χ3v) is 7.34. The first-order valence-corrected chi connectivity index (χ1v) is 13.4. The zero-order valence-corrected chi connectivity index (χ0v) is 23.5. The Bertz CT molecular complexity index is 1820. The zero-order valence-electron chi connectivity index (χ0n) is 22.7. The van der Waals surface area contributed by atoms with E-state index in [1.54, 1.807) is 63.4 Å². The molecule has 0 radical (unpaired) electrons. The van der Waals surface area contributed by atoms with Crippen molar-refractivity contribution in [3.8, 4) is 17.2 Å². The molecule has 0 saturated carbocycles. The predicted octanol–water partition coefficient (Wildman–Crippen LogP) is 3.63. The van der Waals surface area contributed by atoms with Gasteiger partial charge in [0.1, 0.15) is 5.75 Å². The second-order valence-electron chi connectivity index (χ2n) is 8.85. The molecule has 10 nitrogen and oxygen atoms in total. The quantitative estimate of drug-likeness (QED) is 0.231. The van der Waals surface area contributed by atoms with Crippen LogP contribution in [-0.2, 0) is 9.53 Å². The van der Waals surface area contributed by atoms with Gasteiger partial charge in [-0.1, -0.05) is 29.5 Å². The first-order valence-electron chi connectivity index (χ1n) is 12.6. The molecule has 4 aromatic rings. The SMILES string of the molecule is CCOC(=O)C1=C(C)N=c2s/c(=C\c3ccc(OC(=O)c4ccco4)c(OC)c3)c(=O)n2C1c1ccc(OC)cc1. The maximum atomic E-state index is 13.8. The van der Waals surface area contributed by atoms with Gasteiger partial charge in [-0.3, -0.25) is 9.36 Å². The van der Waals surface area contributed by atoms with Crippen molar-refractivity contribution in [3.63, 3.8) is 0 Å². The number of nitrogens with zero attached hydrogens (tertiary/aromatic N) is 2. The minimum absolute atomic E-state index is 0.0566. The van der Waals surface area contributed by atoms with Crippen molar-refractivity contribution >= 4 is 29.4 Å². The fraction of sp³-hybridized carbons (Fsp3) is 0.200. The molecule has 11 heteroatoms. The summed E-state index contributed by atoms with van der Waals surface area (Å²) < 4.78 is 28.5. The Hall–Kier alpha value is -4.90. The molecule has 1 aliphatic heterocycles. The molecule has 0 N–H and O–H groups in total. The summed E-state index contributed by atoms with van der Waals surface area (Å²) in [6, 6.07) is 14.4. The van der Waals surface area contributed by atoms with Crippen LogP contribution in [0.3, 0.4) is 0 Å². The van der Waals surface area contributed by atoms with Crippen molar-refractivity contribution in [1.29, 1.82) is 0 Å². The van der Waals surface area contributed by atoms with Crippen LogP contribution in [0.4, 0.5) is 0 Å². The molecule has 1 aliphatic rings. The molecule has 41 heavy (non-hydrogen) atoms. The van der Waals surface area contributed by atoms with Crippen molar-refractivity contribution in [2.45, 2.75) is 19.9 Å². The molecule has 2 aromatic heterocycles. The molecule has 5 rings (SSSR count). The third kappa shape index (κ3) is 5.44. The summed E-state index contributed by atoms with van der Waals surface area (Å²) in [5.41, 5.74) is 1.78. The van der Waals surface area contributed by atoms with Gasteiger partial charge in [-0.25, -0.2) is 14.6 Å². The van der Waals surface area contributed by atoms with Crippen LogP contribution in [0.1, 0.15) is 41.6 Å². The summed E-state index contributed by atoms with van der Waals surface area (Å²) in [4.78, 5) is 44.2. The van der Waals surface area contributed by atoms with Crippen molar-refractivity contribution in [3.05, 3.63) is 109 Å². The number of thiazole rings is 1. The van der Waals surface area contributed by atoms with Gasteiger partial charge in [0, 0.05) is 0 Å². The lowest BCUT2D eigenvalue weighted by Crippen LogP contribution is -2.39. The zero-order chi connectivity index (χ0) is 29.1. The largest absolute Gasteiger partial charge is 0.497 e. The van der Waals surface area contributed by atoms with E-state index in [1.165, 1.54) is 35.3 Å². The molecule has 0 saturated heterocycles. The van der Waals surface area contributed by atoms with Crippen LogP contribution in [0.2, 0.25) is 0 Å². The monoisotopic (exact) mass is 574 g/mol. The summed E-state index contributed by atoms with van der Waals surface area (Å²) in [5.74, 6) is -0.00783. The lowest BCUT2D eigenvalue weighted by atomic mass is 9.96. The van der Waals surface area contributed by atoms with Crippen molar-refractivity contribution < 1.29 is 33.0 Å². The van der Waals surface area contributed by atoms with E-state index in [2.05, 4.69) is 4.99 Å². The number of hydrogen-bond acceptors (Lipinski definition) is 10. The second-order valence-corrected chi connectivity index (χ2v) is 9.86. The standard InChI is InChI=1S/C30H26N2O8S/c1-5-38-29(35)25-17(2)31-30-32(26(25)19-9-11-20(36-3)12-10-19)27(33)24(41-30)16-18-8-13-21(23(15-18)37-4)40-28(34)22-7-6-14-39-22/h6-16,26H,5H2,1-4H3/b24-16-. The van der Waals surface area contributed by atoms with Gasteiger partial charge < -0.3 is 23.4 Å². The Kier molecular flexibility index (Phi) is 7.88. The van der Waals surface area contributed by atoms with Gasteiger partial charge in [-0.05, 0) is 67.4 Å². The van der Waals surface area contributed by atoms with Crippen molar-refractivity contribution in [1.82, 2.24) is 4.57 Å². The first kappa shape index (κ1) is 27.7. The number of aromatic nitrogens is 1. The van der Waals surface area contributed by atoms with Gasteiger partial charge in [0.2, 0.25) is 5.76 Å². The number of methoxy groups -OCH3 is 2. The summed E-state index contributed by atoms with van der Waals surface area (Å²) in [6.45, 7) is 3.64. The lowest BCUT2D eigenvalue weighted by Gasteiger charge is -2.24. The number of fused-ring (bicyclic) bond motifs is 1. The van der Waals surface area contributed by atoms with Crippen LogP contribution in [0.25, 0.3) is 6.08 Å². The van der Waals surface area contributed by atoms with E-state index < -0.39 is 18.0 Å². The van der Waals surface area contributed by atoms with Gasteiger partial charge in [-0.2, -0.15) is 0 Å². The second kappa shape index (κ2) is 11.7. The van der Waals surface area contributed by atoms with Gasteiger partial charge >= 0.3 is 11.9 Å². The first-order chi connectivity index (χ1) is 19.8. The fourth-order valence-electron chi connectivity index (χ4n) is 4.45. The number of rotatable bonds is 8. The number of benzene rings is 2. The summed E-state index contributed by atoms with van der Waals surface area (Å²) in [6.07, 6.45) is 3.07. The van der Waals surface area contributed by atoms with Crippen molar-refractivity contribution in [2.24, 2.45) is 4.99 Å². The molecular weight excluding hydrogens is 548 g/mol. The number of carbonyl (C=O) groups is 2.